The Morgan fingerprint density at radius 2 is 1.44 bits per heavy atom. The van der Waals surface area contributed by atoms with E-state index in [9.17, 15) is 0 Å². The normalized spacial score (nSPS) is 6.00. The molecule has 1 heterocycles. The largest absolute Gasteiger partial charge is 0.333 e. The maximum atomic E-state index is 4.50. The van der Waals surface area contributed by atoms with Gasteiger partial charge >= 0.3 is 0 Å². The van der Waals surface area contributed by atoms with Gasteiger partial charge < -0.3 is 5.73 Å². The van der Waals surface area contributed by atoms with E-state index < -0.39 is 0 Å². The van der Waals surface area contributed by atoms with Crippen molar-refractivity contribution in [2.24, 2.45) is 5.73 Å². The Bertz CT molecular complexity index is 83.0. The first kappa shape index (κ1) is 11.6. The summed E-state index contributed by atoms with van der Waals surface area (Å²) >= 11 is 0. The Hall–Kier alpha value is -0.160. The van der Waals surface area contributed by atoms with Crippen LogP contribution in [0.15, 0.2) is 30.6 Å². The molecule has 1 rings (SSSR count). The molecule has 0 aliphatic carbocycles. The molecule has 0 spiro atoms. The molecule has 0 aliphatic heterocycles. The summed E-state index contributed by atoms with van der Waals surface area (Å²) in [5.41, 5.74) is 4.50. The minimum atomic E-state index is 0. The molecule has 0 unspecified atom stereocenters. The van der Waals surface area contributed by atoms with Gasteiger partial charge in [0.2, 0.25) is 0 Å². The van der Waals surface area contributed by atoms with E-state index in [-0.39, 0.29) is 24.0 Å². The van der Waals surface area contributed by atoms with Crippen LogP contribution in [0.5, 0.6) is 0 Å². The summed E-state index contributed by atoms with van der Waals surface area (Å²) in [6.45, 7) is 0. The minimum Gasteiger partial charge on any atom is -0.333 e. The lowest BCUT2D eigenvalue weighted by Gasteiger charge is -1.70. The molecule has 52 valence electrons. The van der Waals surface area contributed by atoms with E-state index in [1.54, 1.807) is 12.4 Å². The molecule has 1 aromatic heterocycles. The number of nitrogens with two attached hydrogens (primary N) is 1. The third-order valence-electron chi connectivity index (χ3n) is 0.566. The van der Waals surface area contributed by atoms with Crippen molar-refractivity contribution in [2.75, 3.05) is 7.05 Å². The van der Waals surface area contributed by atoms with Crippen molar-refractivity contribution < 1.29 is 0 Å². The van der Waals surface area contributed by atoms with Crippen molar-refractivity contribution in [3.8, 4) is 0 Å². The fraction of sp³-hybridized carbons (Fsp3) is 0.167. The lowest BCUT2D eigenvalue weighted by molar-refractivity contribution is 1.33. The Morgan fingerprint density at radius 3 is 1.56 bits per heavy atom. The molecule has 2 nitrogen and oxygen atoms in total. The molecule has 0 atom stereocenters. The van der Waals surface area contributed by atoms with Gasteiger partial charge in [-0.15, -0.1) is 24.0 Å². The first-order chi connectivity index (χ1) is 4.00. The maximum absolute atomic E-state index is 4.50. The van der Waals surface area contributed by atoms with Crippen LogP contribution < -0.4 is 5.73 Å². The van der Waals surface area contributed by atoms with Gasteiger partial charge in [0.15, 0.2) is 0 Å². The van der Waals surface area contributed by atoms with Gasteiger partial charge in [-0.2, -0.15) is 0 Å². The standard InChI is InChI=1S/C5H5N.CH5N.HI/c1-2-4-6-5-3-1;1-2;/h1-5H;2H2,1H3;1H. The zero-order chi connectivity index (χ0) is 6.24. The van der Waals surface area contributed by atoms with Crippen molar-refractivity contribution in [3.63, 3.8) is 0 Å². The van der Waals surface area contributed by atoms with E-state index in [1.807, 2.05) is 18.2 Å². The van der Waals surface area contributed by atoms with Crippen LogP contribution in [0.2, 0.25) is 0 Å². The molecule has 0 aliphatic rings. The lowest BCUT2D eigenvalue weighted by atomic mass is 10.5. The fourth-order valence-corrected chi connectivity index (χ4v) is 0.313. The van der Waals surface area contributed by atoms with Crippen LogP contribution in [-0.4, -0.2) is 12.0 Å². The Balaban J connectivity index is 0. The van der Waals surface area contributed by atoms with Crippen LogP contribution in [0.25, 0.3) is 0 Å². The smallest absolute Gasteiger partial charge is 0.0267 e. The third kappa shape index (κ3) is 7.84. The van der Waals surface area contributed by atoms with Crippen LogP contribution in [0.4, 0.5) is 0 Å². The zero-order valence-electron chi connectivity index (χ0n) is 5.32. The number of aromatic nitrogens is 1. The van der Waals surface area contributed by atoms with Gasteiger partial charge in [-0.05, 0) is 19.2 Å². The molecule has 2 N–H and O–H groups in total. The summed E-state index contributed by atoms with van der Waals surface area (Å²) in [6.07, 6.45) is 3.50. The van der Waals surface area contributed by atoms with Crippen molar-refractivity contribution in [2.45, 2.75) is 0 Å². The number of hydrogen-bond acceptors (Lipinski definition) is 2. The van der Waals surface area contributed by atoms with Gasteiger partial charge in [0.1, 0.15) is 0 Å². The van der Waals surface area contributed by atoms with Crippen LogP contribution in [-0.2, 0) is 0 Å². The second-order valence-corrected chi connectivity index (χ2v) is 1.02. The summed E-state index contributed by atoms with van der Waals surface area (Å²) in [4.78, 5) is 3.78. The molecule has 3 heteroatoms. The van der Waals surface area contributed by atoms with Crippen LogP contribution >= 0.6 is 24.0 Å². The van der Waals surface area contributed by atoms with Crippen molar-refractivity contribution >= 4 is 24.0 Å². The van der Waals surface area contributed by atoms with E-state index in [0.717, 1.165) is 0 Å². The summed E-state index contributed by atoms with van der Waals surface area (Å²) < 4.78 is 0. The van der Waals surface area contributed by atoms with Gasteiger partial charge in [-0.25, -0.2) is 0 Å². The number of nitrogens with zero attached hydrogens (tertiary/aromatic N) is 1. The van der Waals surface area contributed by atoms with Crippen molar-refractivity contribution in [1.82, 2.24) is 4.98 Å². The van der Waals surface area contributed by atoms with Crippen LogP contribution in [0, 0.1) is 0 Å². The Kier molecular flexibility index (Phi) is 13.9. The van der Waals surface area contributed by atoms with E-state index in [2.05, 4.69) is 10.7 Å². The van der Waals surface area contributed by atoms with E-state index in [4.69, 9.17) is 0 Å². The third-order valence-corrected chi connectivity index (χ3v) is 0.566. The van der Waals surface area contributed by atoms with Gasteiger partial charge in [-0.1, -0.05) is 6.07 Å². The Labute approximate surface area is 72.5 Å². The average Bonchev–Trinajstić information content (AvgIpc) is 1.96. The zero-order valence-corrected chi connectivity index (χ0v) is 7.65. The molecule has 0 bridgehead atoms. The monoisotopic (exact) mass is 238 g/mol. The minimum absolute atomic E-state index is 0. The lowest BCUT2D eigenvalue weighted by Crippen LogP contribution is -1.69. The summed E-state index contributed by atoms with van der Waals surface area (Å²) in [6, 6.07) is 5.72. The van der Waals surface area contributed by atoms with E-state index in [1.165, 1.54) is 7.05 Å². The Morgan fingerprint density at radius 1 is 1.00 bits per heavy atom. The maximum Gasteiger partial charge on any atom is 0.0267 e. The molecule has 0 aromatic carbocycles. The van der Waals surface area contributed by atoms with Gasteiger partial charge in [0.05, 0.1) is 0 Å². The van der Waals surface area contributed by atoms with Crippen LogP contribution in [0.1, 0.15) is 0 Å². The highest BCUT2D eigenvalue weighted by molar-refractivity contribution is 14.0. The molecule has 0 fully saturated rings. The van der Waals surface area contributed by atoms with Crippen molar-refractivity contribution in [3.05, 3.63) is 30.6 Å². The second kappa shape index (κ2) is 10.8. The molecule has 1 aromatic rings. The number of halogens is 1. The number of rotatable bonds is 0. The quantitative estimate of drug-likeness (QED) is 0.691. The topological polar surface area (TPSA) is 38.9 Å². The first-order valence-corrected chi connectivity index (χ1v) is 2.43. The van der Waals surface area contributed by atoms with Gasteiger partial charge in [0.25, 0.3) is 0 Å². The predicted molar refractivity (Wildman–Crippen MR) is 49.8 cm³/mol. The highest BCUT2D eigenvalue weighted by Gasteiger charge is 1.58. The first-order valence-electron chi connectivity index (χ1n) is 2.43. The van der Waals surface area contributed by atoms with E-state index >= 15 is 0 Å². The SMILES string of the molecule is CN.I.c1ccncc1. The van der Waals surface area contributed by atoms with Gasteiger partial charge in [-0.3, -0.25) is 4.98 Å². The van der Waals surface area contributed by atoms with E-state index in [0.29, 0.717) is 0 Å². The van der Waals surface area contributed by atoms with Crippen LogP contribution in [0.3, 0.4) is 0 Å². The summed E-state index contributed by atoms with van der Waals surface area (Å²) in [5.74, 6) is 0. The second-order valence-electron chi connectivity index (χ2n) is 1.02. The fourth-order valence-electron chi connectivity index (χ4n) is 0.313. The summed E-state index contributed by atoms with van der Waals surface area (Å²) in [5, 5.41) is 0. The van der Waals surface area contributed by atoms with Crippen molar-refractivity contribution in [1.29, 1.82) is 0 Å². The highest BCUT2D eigenvalue weighted by Crippen LogP contribution is 1.73. The summed E-state index contributed by atoms with van der Waals surface area (Å²) in [7, 11) is 1.50. The average molecular weight is 238 g/mol. The molecule has 0 amide bonds. The molecule has 9 heavy (non-hydrogen) atoms. The predicted octanol–water partition coefficient (Wildman–Crippen LogP) is 1.27. The molecular formula is C6H11IN2. The van der Waals surface area contributed by atoms with Gasteiger partial charge in [0, 0.05) is 12.4 Å². The molecule has 0 saturated carbocycles. The molecule has 0 radical (unpaired) electrons. The highest BCUT2D eigenvalue weighted by atomic mass is 127. The number of hydrogen-bond donors (Lipinski definition) is 1. The number of pyridine rings is 1. The molecular weight excluding hydrogens is 227 g/mol. The molecule has 0 saturated heterocycles.